The van der Waals surface area contributed by atoms with E-state index in [2.05, 4.69) is 62.9 Å². The van der Waals surface area contributed by atoms with Crippen LogP contribution in [0.25, 0.3) is 33.4 Å². The van der Waals surface area contributed by atoms with Gasteiger partial charge in [0, 0.05) is 108 Å². The second-order valence-corrected chi connectivity index (χ2v) is 14.7. The molecule has 0 aromatic heterocycles. The number of nitrogens with zero attached hydrogens (tertiary/aromatic N) is 4. The summed E-state index contributed by atoms with van der Waals surface area (Å²) >= 11 is 3.95. The predicted octanol–water partition coefficient (Wildman–Crippen LogP) is 4.18. The van der Waals surface area contributed by atoms with Crippen molar-refractivity contribution in [1.82, 2.24) is 9.48 Å². The number of benzene rings is 3. The van der Waals surface area contributed by atoms with Crippen LogP contribution in [0, 0.1) is 0 Å². The smallest absolute Gasteiger partial charge is 0.253 e. The first kappa shape index (κ1) is 29.2. The summed E-state index contributed by atoms with van der Waals surface area (Å²) in [4.78, 5) is 21.6. The molecule has 8 rings (SSSR count). The molecule has 45 heavy (non-hydrogen) atoms. The SMILES string of the molecule is O=C(C(O)CO)N1CCN(c2ccc3c(-c4cc5c6c(c4)SCCN6CCS5)c4ccc(=[N+]5CCCCC5)cc-4oc3c2)CC1. The summed E-state index contributed by atoms with van der Waals surface area (Å²) in [6.07, 6.45) is 2.40. The van der Waals surface area contributed by atoms with E-state index in [1.54, 1.807) is 4.90 Å². The lowest BCUT2D eigenvalue weighted by atomic mass is 9.93. The fraction of sp³-hybridized carbons (Fsp3) is 0.429. The number of rotatable bonds is 4. The van der Waals surface area contributed by atoms with Gasteiger partial charge in [0.25, 0.3) is 5.91 Å². The van der Waals surface area contributed by atoms with E-state index in [1.165, 1.54) is 51.2 Å². The van der Waals surface area contributed by atoms with Crippen molar-refractivity contribution < 1.29 is 19.4 Å². The van der Waals surface area contributed by atoms with E-state index in [1.807, 2.05) is 23.5 Å². The maximum absolute atomic E-state index is 12.4. The van der Waals surface area contributed by atoms with Gasteiger partial charge in [0.2, 0.25) is 5.36 Å². The molecule has 0 radical (unpaired) electrons. The molecular weight excluding hydrogens is 605 g/mol. The molecule has 2 saturated heterocycles. The number of amides is 1. The van der Waals surface area contributed by atoms with Crippen LogP contribution in [0.2, 0.25) is 0 Å². The largest absolute Gasteiger partial charge is 0.456 e. The van der Waals surface area contributed by atoms with Gasteiger partial charge in [-0.1, -0.05) is 0 Å². The third-order valence-corrected chi connectivity index (χ3v) is 11.7. The number of carbonyl (C=O) groups is 1. The summed E-state index contributed by atoms with van der Waals surface area (Å²) in [5, 5.41) is 21.4. The lowest BCUT2D eigenvalue weighted by Crippen LogP contribution is -2.52. The van der Waals surface area contributed by atoms with Gasteiger partial charge in [-0.15, -0.1) is 23.5 Å². The number of anilines is 2. The van der Waals surface area contributed by atoms with Gasteiger partial charge in [-0.3, -0.25) is 4.79 Å². The van der Waals surface area contributed by atoms with Crippen LogP contribution in [0.15, 0.2) is 62.7 Å². The minimum absolute atomic E-state index is 0.408. The molecule has 1 atom stereocenters. The fourth-order valence-corrected chi connectivity index (χ4v) is 9.62. The maximum Gasteiger partial charge on any atom is 0.253 e. The zero-order valence-electron chi connectivity index (χ0n) is 25.4. The molecule has 0 spiro atoms. The molecule has 2 aromatic carbocycles. The van der Waals surface area contributed by atoms with E-state index in [9.17, 15) is 15.0 Å². The quantitative estimate of drug-likeness (QED) is 0.253. The number of fused-ring (bicyclic) bond motifs is 2. The molecule has 1 unspecified atom stereocenters. The summed E-state index contributed by atoms with van der Waals surface area (Å²) in [5.41, 5.74) is 6.93. The number of thioether (sulfide) groups is 2. The van der Waals surface area contributed by atoms with Crippen molar-refractivity contribution in [1.29, 1.82) is 0 Å². The third kappa shape index (κ3) is 5.39. The van der Waals surface area contributed by atoms with Gasteiger partial charge >= 0.3 is 0 Å². The molecule has 0 bridgehead atoms. The molecule has 2 aromatic rings. The van der Waals surface area contributed by atoms with Crippen LogP contribution in [-0.2, 0) is 4.79 Å². The minimum Gasteiger partial charge on any atom is -0.456 e. The Morgan fingerprint density at radius 1 is 0.867 bits per heavy atom. The number of carbonyl (C=O) groups excluding carboxylic acids is 1. The van der Waals surface area contributed by atoms with Gasteiger partial charge < -0.3 is 29.3 Å². The van der Waals surface area contributed by atoms with Gasteiger partial charge in [0.1, 0.15) is 24.4 Å². The van der Waals surface area contributed by atoms with E-state index in [4.69, 9.17) is 4.42 Å². The number of hydrogen-bond donors (Lipinski definition) is 2. The lowest BCUT2D eigenvalue weighted by molar-refractivity contribution is -0.142. The predicted molar refractivity (Wildman–Crippen MR) is 183 cm³/mol. The second kappa shape index (κ2) is 12.2. The maximum atomic E-state index is 12.4. The Hall–Kier alpha value is -3.18. The Kier molecular flexibility index (Phi) is 7.93. The van der Waals surface area contributed by atoms with E-state index in [0.717, 1.165) is 65.7 Å². The molecule has 10 heteroatoms. The molecule has 5 heterocycles. The summed E-state index contributed by atoms with van der Waals surface area (Å²) in [6.45, 7) is 6.14. The van der Waals surface area contributed by atoms with Crippen molar-refractivity contribution in [2.45, 2.75) is 35.2 Å². The van der Waals surface area contributed by atoms with Crippen LogP contribution in [0.4, 0.5) is 11.4 Å². The minimum atomic E-state index is -1.35. The molecule has 6 aliphatic rings. The number of aliphatic hydroxyl groups excluding tert-OH is 2. The zero-order chi connectivity index (χ0) is 30.5. The highest BCUT2D eigenvalue weighted by Gasteiger charge is 2.29. The number of aliphatic hydroxyl groups is 2. The standard InChI is InChI=1S/C35H39N4O4S2/c40-22-28(41)35(42)39-12-10-37(11-13-39)25-5-7-27-30(21-25)43-29-20-24(36-8-2-1-3-9-36)4-6-26(29)33(27)23-18-31-34-32(19-23)45-17-15-38(34)14-16-44-31/h4-7,18-21,28,40-41H,1-3,8-17,22H2/q+1. The Labute approximate surface area is 271 Å². The van der Waals surface area contributed by atoms with E-state index >= 15 is 0 Å². The Balaban J connectivity index is 1.24. The Bertz CT molecular complexity index is 1780. The normalized spacial score (nSPS) is 19.2. The number of piperazine rings is 1. The van der Waals surface area contributed by atoms with Crippen molar-refractivity contribution in [3.8, 4) is 22.5 Å². The molecule has 5 aliphatic heterocycles. The molecule has 234 valence electrons. The lowest BCUT2D eigenvalue weighted by Gasteiger charge is -2.37. The zero-order valence-corrected chi connectivity index (χ0v) is 27.0. The fourth-order valence-electron chi connectivity index (χ4n) is 7.32. The van der Waals surface area contributed by atoms with Crippen LogP contribution in [0.3, 0.4) is 0 Å². The van der Waals surface area contributed by atoms with Crippen LogP contribution in [-0.4, -0.2) is 97.6 Å². The van der Waals surface area contributed by atoms with Gasteiger partial charge in [-0.2, -0.15) is 0 Å². The van der Waals surface area contributed by atoms with Gasteiger partial charge in [0.15, 0.2) is 6.10 Å². The highest BCUT2D eigenvalue weighted by molar-refractivity contribution is 8.00. The summed E-state index contributed by atoms with van der Waals surface area (Å²) in [6, 6.07) is 18.1. The van der Waals surface area contributed by atoms with Crippen LogP contribution in [0.1, 0.15) is 19.3 Å². The molecule has 2 N–H and O–H groups in total. The molecular formula is C35H39N4O4S2+. The summed E-state index contributed by atoms with van der Waals surface area (Å²) in [7, 11) is 0. The van der Waals surface area contributed by atoms with E-state index in [-0.39, 0.29) is 0 Å². The highest BCUT2D eigenvalue weighted by Crippen LogP contribution is 2.49. The molecule has 2 fully saturated rings. The highest BCUT2D eigenvalue weighted by atomic mass is 32.2. The average molecular weight is 644 g/mol. The van der Waals surface area contributed by atoms with Gasteiger partial charge in [0.05, 0.1) is 18.4 Å². The molecule has 0 saturated carbocycles. The Morgan fingerprint density at radius 3 is 2.31 bits per heavy atom. The summed E-state index contributed by atoms with van der Waals surface area (Å²) in [5.74, 6) is 2.73. The topological polar surface area (TPSA) is 83.4 Å². The van der Waals surface area contributed by atoms with Crippen molar-refractivity contribution >= 4 is 51.8 Å². The second-order valence-electron chi connectivity index (χ2n) is 12.4. The summed E-state index contributed by atoms with van der Waals surface area (Å²) < 4.78 is 9.26. The van der Waals surface area contributed by atoms with Crippen molar-refractivity contribution in [3.05, 3.63) is 53.9 Å². The van der Waals surface area contributed by atoms with Crippen molar-refractivity contribution in [2.24, 2.45) is 0 Å². The molecule has 1 amide bonds. The van der Waals surface area contributed by atoms with Crippen LogP contribution in [0.5, 0.6) is 0 Å². The first-order chi connectivity index (χ1) is 22.1. The van der Waals surface area contributed by atoms with Gasteiger partial charge in [-0.25, -0.2) is 4.58 Å². The van der Waals surface area contributed by atoms with Crippen LogP contribution < -0.4 is 19.7 Å². The van der Waals surface area contributed by atoms with E-state index < -0.39 is 18.6 Å². The first-order valence-electron chi connectivity index (χ1n) is 16.2. The number of piperidine rings is 1. The van der Waals surface area contributed by atoms with E-state index in [0.29, 0.717) is 26.2 Å². The van der Waals surface area contributed by atoms with Crippen molar-refractivity contribution in [2.75, 3.05) is 80.3 Å². The molecule has 8 nitrogen and oxygen atoms in total. The van der Waals surface area contributed by atoms with Crippen LogP contribution >= 0.6 is 23.5 Å². The van der Waals surface area contributed by atoms with Gasteiger partial charge in [-0.05, 0) is 42.3 Å². The Morgan fingerprint density at radius 2 is 1.60 bits per heavy atom. The average Bonchev–Trinajstić information content (AvgIpc) is 3.10. The molecule has 1 aliphatic carbocycles. The third-order valence-electron chi connectivity index (χ3n) is 9.71. The first-order valence-corrected chi connectivity index (χ1v) is 18.1. The monoisotopic (exact) mass is 643 g/mol. The number of hydrogen-bond acceptors (Lipinski definition) is 8. The van der Waals surface area contributed by atoms with Crippen molar-refractivity contribution in [3.63, 3.8) is 0 Å².